The quantitative estimate of drug-likeness (QED) is 0.225. The molecule has 2 aliphatic rings. The highest BCUT2D eigenvalue weighted by Gasteiger charge is 2.62. The van der Waals surface area contributed by atoms with Gasteiger partial charge in [-0.05, 0) is 70.1 Å². The first-order chi connectivity index (χ1) is 16.2. The van der Waals surface area contributed by atoms with Crippen molar-refractivity contribution in [3.63, 3.8) is 0 Å². The predicted octanol–water partition coefficient (Wildman–Crippen LogP) is 5.74. The lowest BCUT2D eigenvalue weighted by atomic mass is 9.59. The molecule has 5 rings (SSSR count). The molecule has 0 aliphatic carbocycles. The van der Waals surface area contributed by atoms with Gasteiger partial charge in [-0.1, -0.05) is 41.4 Å². The number of halogens is 3. The summed E-state index contributed by atoms with van der Waals surface area (Å²) in [5.74, 6) is -1.32. The second-order valence-electron chi connectivity index (χ2n) is 8.29. The summed E-state index contributed by atoms with van der Waals surface area (Å²) in [7, 11) is 0. The first kappa shape index (κ1) is 23.1. The summed E-state index contributed by atoms with van der Waals surface area (Å²) >= 11 is 14.6. The van der Waals surface area contributed by atoms with Crippen molar-refractivity contribution in [2.75, 3.05) is 5.32 Å². The number of nitro groups is 1. The first-order valence-corrected chi connectivity index (χ1v) is 12.2. The monoisotopic (exact) mass is 607 g/mol. The third-order valence-corrected chi connectivity index (χ3v) is 7.64. The molecule has 172 valence electrons. The van der Waals surface area contributed by atoms with E-state index in [1.165, 1.54) is 6.07 Å². The minimum absolute atomic E-state index is 0.00402. The van der Waals surface area contributed by atoms with Crippen molar-refractivity contribution < 1.29 is 14.5 Å². The molecule has 10 heteroatoms. The van der Waals surface area contributed by atoms with Gasteiger partial charge in [0.1, 0.15) is 5.41 Å². The van der Waals surface area contributed by atoms with E-state index in [1.54, 1.807) is 48.5 Å². The molecule has 2 amide bonds. The average molecular weight is 608 g/mol. The second kappa shape index (κ2) is 8.51. The smallest absolute Gasteiger partial charge is 0.274 e. The van der Waals surface area contributed by atoms with Crippen LogP contribution in [-0.4, -0.2) is 16.7 Å². The van der Waals surface area contributed by atoms with Crippen LogP contribution in [0, 0.1) is 13.7 Å². The summed E-state index contributed by atoms with van der Waals surface area (Å²) in [5, 5.41) is 18.7. The maximum atomic E-state index is 13.9. The van der Waals surface area contributed by atoms with Crippen LogP contribution < -0.4 is 10.6 Å². The Kier molecular flexibility index (Phi) is 5.78. The lowest BCUT2D eigenvalue weighted by molar-refractivity contribution is -0.385. The minimum atomic E-state index is -1.37. The van der Waals surface area contributed by atoms with E-state index in [9.17, 15) is 19.7 Å². The van der Waals surface area contributed by atoms with Crippen molar-refractivity contribution in [2.45, 2.75) is 23.8 Å². The zero-order valence-corrected chi connectivity index (χ0v) is 21.0. The Morgan fingerprint density at radius 1 is 1.03 bits per heavy atom. The molecule has 0 radical (unpaired) electrons. The van der Waals surface area contributed by atoms with E-state index < -0.39 is 22.3 Å². The number of anilines is 1. The van der Waals surface area contributed by atoms with Crippen molar-refractivity contribution in [1.82, 2.24) is 5.32 Å². The predicted molar refractivity (Wildman–Crippen MR) is 137 cm³/mol. The Morgan fingerprint density at radius 3 is 2.53 bits per heavy atom. The summed E-state index contributed by atoms with van der Waals surface area (Å²) in [6.45, 7) is 0. The number of nitrogens with zero attached hydrogens (tertiary/aromatic N) is 1. The minimum Gasteiger partial charge on any atom is -0.348 e. The van der Waals surface area contributed by atoms with Gasteiger partial charge < -0.3 is 10.6 Å². The maximum absolute atomic E-state index is 13.9. The molecule has 0 aromatic heterocycles. The Bertz CT molecular complexity index is 1380. The van der Waals surface area contributed by atoms with Crippen LogP contribution >= 0.6 is 45.8 Å². The Balaban J connectivity index is 1.85. The highest BCUT2D eigenvalue weighted by Crippen LogP contribution is 2.58. The molecule has 3 atom stereocenters. The number of carbonyl (C=O) groups is 2. The molecule has 0 bridgehead atoms. The largest absolute Gasteiger partial charge is 0.348 e. The third-order valence-electron chi connectivity index (χ3n) is 6.50. The number of benzene rings is 3. The van der Waals surface area contributed by atoms with Gasteiger partial charge in [0.15, 0.2) is 0 Å². The van der Waals surface area contributed by atoms with Crippen LogP contribution in [0.15, 0.2) is 60.7 Å². The Hall–Kier alpha value is -2.69. The maximum Gasteiger partial charge on any atom is 0.274 e. The lowest BCUT2D eigenvalue weighted by Gasteiger charge is -2.46. The summed E-state index contributed by atoms with van der Waals surface area (Å²) in [6.07, 6.45) is 0.00402. The highest BCUT2D eigenvalue weighted by atomic mass is 127. The van der Waals surface area contributed by atoms with Crippen molar-refractivity contribution in [2.24, 2.45) is 0 Å². The molecule has 2 N–H and O–H groups in total. The molecule has 0 saturated carbocycles. The zero-order chi connectivity index (χ0) is 24.2. The third kappa shape index (κ3) is 3.55. The number of piperidine rings is 1. The molecule has 34 heavy (non-hydrogen) atoms. The summed E-state index contributed by atoms with van der Waals surface area (Å²) in [5.41, 5.74) is 0.540. The van der Waals surface area contributed by atoms with Gasteiger partial charge in [-0.25, -0.2) is 0 Å². The van der Waals surface area contributed by atoms with E-state index in [-0.39, 0.29) is 29.5 Å². The summed E-state index contributed by atoms with van der Waals surface area (Å²) in [4.78, 5) is 38.4. The van der Waals surface area contributed by atoms with Crippen molar-refractivity contribution >= 4 is 69.0 Å². The highest BCUT2D eigenvalue weighted by molar-refractivity contribution is 14.1. The summed E-state index contributed by atoms with van der Waals surface area (Å²) in [6, 6.07) is 15.8. The molecule has 3 aromatic rings. The number of nitro benzene ring substituents is 1. The Morgan fingerprint density at radius 2 is 1.79 bits per heavy atom. The molecule has 1 fully saturated rings. The number of carbonyl (C=O) groups excluding carboxylic acids is 2. The number of nitrogens with one attached hydrogen (secondary N) is 2. The molecule has 2 aliphatic heterocycles. The van der Waals surface area contributed by atoms with Crippen molar-refractivity contribution in [1.29, 1.82) is 0 Å². The molecule has 3 aromatic carbocycles. The van der Waals surface area contributed by atoms with Crippen LogP contribution in [0.1, 0.15) is 35.1 Å². The Labute approximate surface area is 218 Å². The molecule has 7 nitrogen and oxygen atoms in total. The van der Waals surface area contributed by atoms with Crippen LogP contribution in [0.2, 0.25) is 10.0 Å². The second-order valence-corrected chi connectivity index (χ2v) is 10.4. The van der Waals surface area contributed by atoms with Crippen molar-refractivity contribution in [3.05, 3.63) is 101 Å². The number of hydrogen-bond acceptors (Lipinski definition) is 4. The molecular formula is C24H16Cl2IN3O4. The SMILES string of the molecule is O=C1C[C@@H](c2cccc(Cl)c2)[C@]2(C(=O)Nc3cc(Cl)ccc32)[C@@H](c2cc(I)ccc2[N+](=O)[O-])N1. The van der Waals surface area contributed by atoms with Gasteiger partial charge in [0.25, 0.3) is 5.69 Å². The van der Waals surface area contributed by atoms with E-state index in [0.717, 1.165) is 3.57 Å². The molecule has 1 saturated heterocycles. The van der Waals surface area contributed by atoms with Crippen LogP contribution in [0.5, 0.6) is 0 Å². The van der Waals surface area contributed by atoms with Crippen LogP contribution in [-0.2, 0) is 15.0 Å². The van der Waals surface area contributed by atoms with E-state index in [2.05, 4.69) is 33.2 Å². The molecular weight excluding hydrogens is 592 g/mol. The molecule has 0 unspecified atom stereocenters. The number of amides is 2. The fraction of sp³-hybridized carbons (Fsp3) is 0.167. The molecule has 1 spiro atoms. The zero-order valence-electron chi connectivity index (χ0n) is 17.3. The lowest BCUT2D eigenvalue weighted by Crippen LogP contribution is -2.57. The van der Waals surface area contributed by atoms with Crippen molar-refractivity contribution in [3.8, 4) is 0 Å². The average Bonchev–Trinajstić information content (AvgIpc) is 3.06. The normalized spacial score (nSPS) is 23.4. The van der Waals surface area contributed by atoms with Gasteiger partial charge >= 0.3 is 0 Å². The van der Waals surface area contributed by atoms with Gasteiger partial charge in [-0.2, -0.15) is 0 Å². The van der Waals surface area contributed by atoms with Crippen LogP contribution in [0.3, 0.4) is 0 Å². The van der Waals surface area contributed by atoms with Gasteiger partial charge in [-0.15, -0.1) is 0 Å². The molecule has 2 heterocycles. The van der Waals surface area contributed by atoms with Gasteiger partial charge in [-0.3, -0.25) is 19.7 Å². The van der Waals surface area contributed by atoms with Gasteiger partial charge in [0.05, 0.1) is 16.5 Å². The van der Waals surface area contributed by atoms with Gasteiger partial charge in [0, 0.05) is 37.7 Å². The number of rotatable bonds is 3. The summed E-state index contributed by atoms with van der Waals surface area (Å²) < 4.78 is 0.738. The fourth-order valence-electron chi connectivity index (χ4n) is 5.19. The number of fused-ring (bicyclic) bond motifs is 2. The standard InChI is InChI=1S/C24H16Cl2IN3O4/c25-13-3-1-2-12(8-13)18-11-21(31)29-22(16-10-15(27)5-7-20(16)30(33)34)24(18)17-6-4-14(26)9-19(17)28-23(24)32/h1-10,18,22H,11H2,(H,28,32)(H,29,31)/t18-,22+,24-/m0/s1. The van der Waals surface area contributed by atoms with E-state index >= 15 is 0 Å². The van der Waals surface area contributed by atoms with Crippen LogP contribution in [0.4, 0.5) is 11.4 Å². The van der Waals surface area contributed by atoms with E-state index in [1.807, 2.05) is 6.07 Å². The van der Waals surface area contributed by atoms with Gasteiger partial charge in [0.2, 0.25) is 11.8 Å². The first-order valence-electron chi connectivity index (χ1n) is 10.3. The van der Waals surface area contributed by atoms with E-state index in [0.29, 0.717) is 26.9 Å². The topological polar surface area (TPSA) is 101 Å². The van der Waals surface area contributed by atoms with E-state index in [4.69, 9.17) is 23.2 Å². The van der Waals surface area contributed by atoms with Crippen LogP contribution in [0.25, 0.3) is 0 Å². The fourth-order valence-corrected chi connectivity index (χ4v) is 6.08. The number of hydrogen-bond donors (Lipinski definition) is 2.